The lowest BCUT2D eigenvalue weighted by Gasteiger charge is -2.36. The molecule has 1 heterocycles. The highest BCUT2D eigenvalue weighted by Crippen LogP contribution is 2.31. The summed E-state index contributed by atoms with van der Waals surface area (Å²) in [5.41, 5.74) is -0.152. The molecule has 0 aromatic carbocycles. The van der Waals surface area contributed by atoms with Crippen molar-refractivity contribution in [2.75, 3.05) is 7.11 Å². The average molecular weight is 227 g/mol. The third-order valence-corrected chi connectivity index (χ3v) is 2.52. The van der Waals surface area contributed by atoms with Crippen LogP contribution in [-0.2, 0) is 14.4 Å². The first-order valence-electron chi connectivity index (χ1n) is 5.55. The van der Waals surface area contributed by atoms with Gasteiger partial charge in [0.15, 0.2) is 0 Å². The van der Waals surface area contributed by atoms with Crippen LogP contribution in [0, 0.1) is 5.92 Å². The first-order valence-corrected chi connectivity index (χ1v) is 5.55. The maximum atomic E-state index is 11.4. The van der Waals surface area contributed by atoms with Crippen molar-refractivity contribution in [3.63, 3.8) is 0 Å². The Morgan fingerprint density at radius 1 is 1.50 bits per heavy atom. The third kappa shape index (κ3) is 2.55. The van der Waals surface area contributed by atoms with Gasteiger partial charge in [0.2, 0.25) is 5.76 Å². The minimum absolute atomic E-state index is 0.106. The standard InChI is InChI=1S/C12H21NO3/c1-8(2)9-7-10(11(14)15-6)16-13(9)12(3,4)5/h7-9H,1-6H3. The summed E-state index contributed by atoms with van der Waals surface area (Å²) in [7, 11) is 1.36. The van der Waals surface area contributed by atoms with Crippen molar-refractivity contribution in [2.45, 2.75) is 46.2 Å². The number of rotatable bonds is 2. The summed E-state index contributed by atoms with van der Waals surface area (Å²) in [4.78, 5) is 17.0. The number of hydrogen-bond acceptors (Lipinski definition) is 4. The highest BCUT2D eigenvalue weighted by molar-refractivity contribution is 5.86. The summed E-state index contributed by atoms with van der Waals surface area (Å²) in [5, 5.41) is 1.85. The number of esters is 1. The Balaban J connectivity index is 2.91. The molecule has 0 aromatic heterocycles. The normalized spacial score (nSPS) is 21.9. The average Bonchev–Trinajstić information content (AvgIpc) is 2.60. The van der Waals surface area contributed by atoms with E-state index in [9.17, 15) is 4.79 Å². The summed E-state index contributed by atoms with van der Waals surface area (Å²) in [5.74, 6) is 0.245. The zero-order chi connectivity index (χ0) is 12.5. The smallest absolute Gasteiger partial charge is 0.375 e. The largest absolute Gasteiger partial charge is 0.463 e. The van der Waals surface area contributed by atoms with Crippen LogP contribution in [0.25, 0.3) is 0 Å². The van der Waals surface area contributed by atoms with E-state index in [1.807, 2.05) is 11.1 Å². The number of methoxy groups -OCH3 is 1. The van der Waals surface area contributed by atoms with Gasteiger partial charge >= 0.3 is 5.97 Å². The molecule has 0 saturated carbocycles. The molecule has 1 unspecified atom stereocenters. The van der Waals surface area contributed by atoms with Crippen LogP contribution >= 0.6 is 0 Å². The molecule has 0 radical (unpaired) electrons. The first-order chi connectivity index (χ1) is 7.27. The number of ether oxygens (including phenoxy) is 1. The molecule has 0 N–H and O–H groups in total. The summed E-state index contributed by atoms with van der Waals surface area (Å²) in [6.45, 7) is 10.4. The molecule has 4 heteroatoms. The molecule has 0 saturated heterocycles. The summed E-state index contributed by atoms with van der Waals surface area (Å²) < 4.78 is 4.66. The van der Waals surface area contributed by atoms with E-state index in [0.29, 0.717) is 5.92 Å². The van der Waals surface area contributed by atoms with E-state index >= 15 is 0 Å². The van der Waals surface area contributed by atoms with Crippen LogP contribution in [-0.4, -0.2) is 29.7 Å². The van der Waals surface area contributed by atoms with Gasteiger partial charge in [0, 0.05) is 5.54 Å². The van der Waals surface area contributed by atoms with Crippen molar-refractivity contribution in [1.82, 2.24) is 5.06 Å². The molecule has 1 aliphatic heterocycles. The van der Waals surface area contributed by atoms with Crippen LogP contribution in [0.4, 0.5) is 0 Å². The van der Waals surface area contributed by atoms with Gasteiger partial charge in [0.1, 0.15) is 0 Å². The molecule has 1 rings (SSSR count). The molecule has 0 aromatic rings. The fourth-order valence-corrected chi connectivity index (χ4v) is 1.67. The van der Waals surface area contributed by atoms with Gasteiger partial charge in [-0.05, 0) is 32.8 Å². The Hall–Kier alpha value is -1.03. The van der Waals surface area contributed by atoms with Crippen LogP contribution < -0.4 is 0 Å². The van der Waals surface area contributed by atoms with E-state index in [-0.39, 0.29) is 17.3 Å². The zero-order valence-electron chi connectivity index (χ0n) is 10.9. The Morgan fingerprint density at radius 2 is 2.06 bits per heavy atom. The summed E-state index contributed by atoms with van der Waals surface area (Å²) in [6, 6.07) is 0.106. The van der Waals surface area contributed by atoms with Crippen molar-refractivity contribution < 1.29 is 14.4 Å². The fraction of sp³-hybridized carbons (Fsp3) is 0.750. The van der Waals surface area contributed by atoms with E-state index in [0.717, 1.165) is 0 Å². The molecule has 0 spiro atoms. The number of carbonyl (C=O) groups excluding carboxylic acids is 1. The Bertz CT molecular complexity index is 302. The molecule has 0 bridgehead atoms. The minimum atomic E-state index is -0.419. The third-order valence-electron chi connectivity index (χ3n) is 2.52. The quantitative estimate of drug-likeness (QED) is 0.677. The maximum Gasteiger partial charge on any atom is 0.375 e. The summed E-state index contributed by atoms with van der Waals surface area (Å²) in [6.07, 6.45) is 1.84. The number of carbonyl (C=O) groups is 1. The van der Waals surface area contributed by atoms with Gasteiger partial charge < -0.3 is 9.57 Å². The maximum absolute atomic E-state index is 11.4. The van der Waals surface area contributed by atoms with Crippen molar-refractivity contribution in [3.05, 3.63) is 11.8 Å². The number of hydroxylamine groups is 2. The molecular formula is C12H21NO3. The second kappa shape index (κ2) is 4.45. The molecule has 0 amide bonds. The van der Waals surface area contributed by atoms with Gasteiger partial charge in [-0.1, -0.05) is 13.8 Å². The minimum Gasteiger partial charge on any atom is -0.463 e. The SMILES string of the molecule is COC(=O)C1=CC(C(C)C)N(C(C)(C)C)O1. The van der Waals surface area contributed by atoms with Crippen LogP contribution in [0.3, 0.4) is 0 Å². The van der Waals surface area contributed by atoms with Crippen molar-refractivity contribution in [1.29, 1.82) is 0 Å². The predicted molar refractivity (Wildman–Crippen MR) is 61.4 cm³/mol. The van der Waals surface area contributed by atoms with E-state index < -0.39 is 5.97 Å². The van der Waals surface area contributed by atoms with Crippen LogP contribution in [0.1, 0.15) is 34.6 Å². The molecule has 1 aliphatic rings. The van der Waals surface area contributed by atoms with Gasteiger partial charge in [0.05, 0.1) is 13.2 Å². The molecule has 4 nitrogen and oxygen atoms in total. The lowest BCUT2D eigenvalue weighted by Crippen LogP contribution is -2.46. The van der Waals surface area contributed by atoms with Gasteiger partial charge in [0.25, 0.3) is 0 Å². The number of hydrogen-bond donors (Lipinski definition) is 0. The Morgan fingerprint density at radius 3 is 2.38 bits per heavy atom. The molecule has 16 heavy (non-hydrogen) atoms. The van der Waals surface area contributed by atoms with E-state index in [1.54, 1.807) is 0 Å². The summed E-state index contributed by atoms with van der Waals surface area (Å²) >= 11 is 0. The molecular weight excluding hydrogens is 206 g/mol. The molecule has 0 fully saturated rings. The van der Waals surface area contributed by atoms with Gasteiger partial charge in [-0.3, -0.25) is 0 Å². The topological polar surface area (TPSA) is 38.8 Å². The van der Waals surface area contributed by atoms with E-state index in [4.69, 9.17) is 4.84 Å². The van der Waals surface area contributed by atoms with Crippen LogP contribution in [0.15, 0.2) is 11.8 Å². The number of nitrogens with zero attached hydrogens (tertiary/aromatic N) is 1. The predicted octanol–water partition coefficient (Wildman–Crippen LogP) is 2.11. The van der Waals surface area contributed by atoms with Crippen molar-refractivity contribution in [3.8, 4) is 0 Å². The second-order valence-electron chi connectivity index (χ2n) is 5.35. The second-order valence-corrected chi connectivity index (χ2v) is 5.35. The van der Waals surface area contributed by atoms with Crippen LogP contribution in [0.5, 0.6) is 0 Å². The van der Waals surface area contributed by atoms with Crippen LogP contribution in [0.2, 0.25) is 0 Å². The highest BCUT2D eigenvalue weighted by Gasteiger charge is 2.39. The van der Waals surface area contributed by atoms with Gasteiger partial charge in [-0.2, -0.15) is 0 Å². The van der Waals surface area contributed by atoms with Gasteiger partial charge in [-0.15, -0.1) is 5.06 Å². The molecule has 92 valence electrons. The van der Waals surface area contributed by atoms with E-state index in [2.05, 4.69) is 39.4 Å². The Kier molecular flexibility index (Phi) is 3.63. The first kappa shape index (κ1) is 13.0. The lowest BCUT2D eigenvalue weighted by atomic mass is 9.99. The molecule has 1 atom stereocenters. The fourth-order valence-electron chi connectivity index (χ4n) is 1.67. The van der Waals surface area contributed by atoms with Crippen molar-refractivity contribution in [2.24, 2.45) is 5.92 Å². The van der Waals surface area contributed by atoms with E-state index in [1.165, 1.54) is 7.11 Å². The van der Waals surface area contributed by atoms with Gasteiger partial charge in [-0.25, -0.2) is 4.79 Å². The lowest BCUT2D eigenvalue weighted by molar-refractivity contribution is -0.192. The van der Waals surface area contributed by atoms with Crippen molar-refractivity contribution >= 4 is 5.97 Å². The monoisotopic (exact) mass is 227 g/mol. The zero-order valence-corrected chi connectivity index (χ0v) is 10.9. The molecule has 0 aliphatic carbocycles. The highest BCUT2D eigenvalue weighted by atomic mass is 16.7. The Labute approximate surface area is 97.2 Å².